The van der Waals surface area contributed by atoms with Crippen molar-refractivity contribution < 1.29 is 71.5 Å². The molecule has 2 fully saturated rings. The predicted octanol–water partition coefficient (Wildman–Crippen LogP) is 3.87. The molecular weight excluding hydrogens is 559 g/mol. The summed E-state index contributed by atoms with van der Waals surface area (Å²) in [6.07, 6.45) is -7.20. The number of esters is 2. The maximum atomic E-state index is 13.5. The molecule has 0 amide bonds. The SMILES string of the molecule is O=C(OCC1CSC2(CCCCC2OC(=O)C(F)(F)S(=O)(=O)O)S1)C(F)(F)C(F)(F)C(F)(F)F. The second-order valence-electron chi connectivity index (χ2n) is 7.24. The van der Waals surface area contributed by atoms with Gasteiger partial charge in [0.15, 0.2) is 0 Å². The molecule has 0 bridgehead atoms. The van der Waals surface area contributed by atoms with Crippen molar-refractivity contribution in [1.82, 2.24) is 0 Å². The van der Waals surface area contributed by atoms with Gasteiger partial charge in [0.1, 0.15) is 12.7 Å². The number of hydrogen-bond donors (Lipinski definition) is 1. The van der Waals surface area contributed by atoms with E-state index in [2.05, 4.69) is 9.47 Å². The Morgan fingerprint density at radius 2 is 1.59 bits per heavy atom. The summed E-state index contributed by atoms with van der Waals surface area (Å²) in [4.78, 5) is 23.0. The zero-order chi connectivity index (χ0) is 26.4. The summed E-state index contributed by atoms with van der Waals surface area (Å²) in [5, 5.41) is -6.27. The number of ether oxygens (including phenoxy) is 2. The van der Waals surface area contributed by atoms with Gasteiger partial charge in [-0.3, -0.25) is 4.55 Å². The molecule has 0 aromatic carbocycles. The van der Waals surface area contributed by atoms with E-state index in [9.17, 15) is 57.5 Å². The highest BCUT2D eigenvalue weighted by Gasteiger charge is 2.77. The van der Waals surface area contributed by atoms with E-state index in [0.717, 1.165) is 23.5 Å². The van der Waals surface area contributed by atoms with Crippen molar-refractivity contribution in [2.45, 2.75) is 64.4 Å². The molecule has 2 rings (SSSR count). The lowest BCUT2D eigenvalue weighted by Crippen LogP contribution is -2.56. The fraction of sp³-hybridized carbons (Fsp3) is 0.867. The fourth-order valence-corrected chi connectivity index (χ4v) is 7.17. The highest BCUT2D eigenvalue weighted by atomic mass is 32.2. The van der Waals surface area contributed by atoms with Crippen LogP contribution in [0.25, 0.3) is 0 Å². The van der Waals surface area contributed by atoms with Crippen molar-refractivity contribution in [3.8, 4) is 0 Å². The van der Waals surface area contributed by atoms with Crippen LogP contribution >= 0.6 is 23.5 Å². The standard InChI is InChI=1S/C15H15F9O7S3/c16-12(17,14(20,21)15(22,23)24)9(25)30-5-7-6-32-11(33-7)4-2-1-3-8(11)31-10(26)13(18,19)34(27,28)29/h7-8H,1-6H2,(H,27,28,29). The van der Waals surface area contributed by atoms with Gasteiger partial charge in [0.05, 0.1) is 4.08 Å². The zero-order valence-electron chi connectivity index (χ0n) is 16.4. The van der Waals surface area contributed by atoms with Crippen LogP contribution in [-0.4, -0.2) is 76.0 Å². The molecule has 7 nitrogen and oxygen atoms in total. The monoisotopic (exact) mass is 574 g/mol. The molecule has 1 spiro atoms. The van der Waals surface area contributed by atoms with Gasteiger partial charge < -0.3 is 9.47 Å². The van der Waals surface area contributed by atoms with Crippen molar-refractivity contribution in [3.63, 3.8) is 0 Å². The van der Waals surface area contributed by atoms with Crippen LogP contribution in [0.1, 0.15) is 25.7 Å². The third kappa shape index (κ3) is 5.35. The molecule has 19 heteroatoms. The van der Waals surface area contributed by atoms with Crippen molar-refractivity contribution in [2.75, 3.05) is 12.4 Å². The first kappa shape index (κ1) is 29.2. The van der Waals surface area contributed by atoms with Gasteiger partial charge in [-0.15, -0.1) is 23.5 Å². The Labute approximate surface area is 194 Å². The minimum absolute atomic E-state index is 0.0460. The largest absolute Gasteiger partial charge is 0.465 e. The van der Waals surface area contributed by atoms with Crippen LogP contribution in [0.3, 0.4) is 0 Å². The summed E-state index contributed by atoms with van der Waals surface area (Å²) in [6.45, 7) is -1.05. The topological polar surface area (TPSA) is 107 Å². The Balaban J connectivity index is 2.07. The average molecular weight is 574 g/mol. The number of halogens is 9. The highest BCUT2D eigenvalue weighted by Crippen LogP contribution is 2.57. The van der Waals surface area contributed by atoms with Crippen molar-refractivity contribution in [2.24, 2.45) is 0 Å². The molecule has 1 aliphatic heterocycles. The Bertz CT molecular complexity index is 910. The Hall–Kier alpha value is -1.08. The Morgan fingerprint density at radius 1 is 1.00 bits per heavy atom. The second kappa shape index (κ2) is 9.42. The minimum Gasteiger partial charge on any atom is -0.460 e. The van der Waals surface area contributed by atoms with Crippen LogP contribution in [-0.2, 0) is 29.2 Å². The van der Waals surface area contributed by atoms with E-state index in [0.29, 0.717) is 12.8 Å². The third-order valence-corrected chi connectivity index (χ3v) is 9.52. The van der Waals surface area contributed by atoms with Crippen molar-refractivity contribution in [3.05, 3.63) is 0 Å². The molecule has 0 radical (unpaired) electrons. The normalized spacial score (nSPS) is 27.0. The van der Waals surface area contributed by atoms with E-state index < -0.39 is 67.4 Å². The van der Waals surface area contributed by atoms with E-state index >= 15 is 0 Å². The van der Waals surface area contributed by atoms with Crippen molar-refractivity contribution in [1.29, 1.82) is 0 Å². The first-order chi connectivity index (χ1) is 15.2. The Kier molecular flexibility index (Phi) is 8.08. The van der Waals surface area contributed by atoms with E-state index in [1.807, 2.05) is 0 Å². The average Bonchev–Trinajstić information content (AvgIpc) is 3.09. The summed E-state index contributed by atoms with van der Waals surface area (Å²) < 4.78 is 154. The molecule has 1 saturated heterocycles. The van der Waals surface area contributed by atoms with Gasteiger partial charge in [-0.1, -0.05) is 6.42 Å². The van der Waals surface area contributed by atoms with Gasteiger partial charge >= 0.3 is 45.3 Å². The number of hydrogen-bond acceptors (Lipinski definition) is 8. The van der Waals surface area contributed by atoms with Gasteiger partial charge in [0.25, 0.3) is 0 Å². The summed E-state index contributed by atoms with van der Waals surface area (Å²) in [5.41, 5.74) is 0. The molecule has 198 valence electrons. The lowest BCUT2D eigenvalue weighted by atomic mass is 9.96. The molecule has 1 saturated carbocycles. The minimum atomic E-state index is -6.74. The van der Waals surface area contributed by atoms with E-state index in [1.165, 1.54) is 0 Å². The van der Waals surface area contributed by atoms with E-state index in [4.69, 9.17) is 4.55 Å². The van der Waals surface area contributed by atoms with Crippen LogP contribution in [0.15, 0.2) is 0 Å². The number of carbonyl (C=O) groups excluding carboxylic acids is 2. The van der Waals surface area contributed by atoms with Crippen LogP contribution < -0.4 is 0 Å². The van der Waals surface area contributed by atoms with Gasteiger partial charge in [0, 0.05) is 11.0 Å². The summed E-state index contributed by atoms with van der Waals surface area (Å²) in [5.74, 6) is -18.7. The molecule has 2 aliphatic rings. The quantitative estimate of drug-likeness (QED) is 0.276. The molecule has 3 unspecified atom stereocenters. The van der Waals surface area contributed by atoms with Crippen LogP contribution in [0.2, 0.25) is 0 Å². The first-order valence-corrected chi connectivity index (χ1v) is 12.4. The van der Waals surface area contributed by atoms with E-state index in [1.54, 1.807) is 0 Å². The van der Waals surface area contributed by atoms with Gasteiger partial charge in [-0.2, -0.15) is 47.9 Å². The Morgan fingerprint density at radius 3 is 2.12 bits per heavy atom. The summed E-state index contributed by atoms with van der Waals surface area (Å²) in [7, 11) is -6.14. The van der Waals surface area contributed by atoms with Gasteiger partial charge in [0.2, 0.25) is 0 Å². The smallest absolute Gasteiger partial charge is 0.460 e. The van der Waals surface area contributed by atoms with Crippen LogP contribution in [0, 0.1) is 0 Å². The summed E-state index contributed by atoms with van der Waals surface area (Å²) in [6, 6.07) is 0. The van der Waals surface area contributed by atoms with E-state index in [-0.39, 0.29) is 18.6 Å². The maximum Gasteiger partial charge on any atom is 0.465 e. The summed E-state index contributed by atoms with van der Waals surface area (Å²) >= 11 is 1.70. The molecule has 3 atom stereocenters. The fourth-order valence-electron chi connectivity index (χ4n) is 3.07. The lowest BCUT2D eigenvalue weighted by molar-refractivity contribution is -0.348. The molecular formula is C15H15F9O7S3. The molecule has 0 aromatic heterocycles. The molecule has 1 N–H and O–H groups in total. The number of carbonyl (C=O) groups is 2. The first-order valence-electron chi connectivity index (χ1n) is 9.06. The lowest BCUT2D eigenvalue weighted by Gasteiger charge is -2.39. The molecule has 34 heavy (non-hydrogen) atoms. The van der Waals surface area contributed by atoms with Crippen LogP contribution in [0.4, 0.5) is 39.5 Å². The zero-order valence-corrected chi connectivity index (χ0v) is 18.9. The third-order valence-electron chi connectivity index (χ3n) is 4.83. The predicted molar refractivity (Wildman–Crippen MR) is 98.3 cm³/mol. The highest BCUT2D eigenvalue weighted by molar-refractivity contribution is 8.21. The number of rotatable bonds is 7. The maximum absolute atomic E-state index is 13.5. The molecule has 1 aliphatic carbocycles. The number of thioether (sulfide) groups is 2. The number of alkyl halides is 9. The van der Waals surface area contributed by atoms with Crippen molar-refractivity contribution >= 4 is 45.6 Å². The van der Waals surface area contributed by atoms with Gasteiger partial charge in [-0.05, 0) is 19.3 Å². The second-order valence-corrected chi connectivity index (χ2v) is 11.9. The molecule has 0 aromatic rings. The van der Waals surface area contributed by atoms with Gasteiger partial charge in [-0.25, -0.2) is 9.59 Å². The molecule has 1 heterocycles. The van der Waals surface area contributed by atoms with Crippen LogP contribution in [0.5, 0.6) is 0 Å².